The van der Waals surface area contributed by atoms with Crippen LogP contribution in [0.25, 0.3) is 0 Å². The lowest BCUT2D eigenvalue weighted by Crippen LogP contribution is -2.25. The maximum absolute atomic E-state index is 11.5. The highest BCUT2D eigenvalue weighted by molar-refractivity contribution is 5.79. The van der Waals surface area contributed by atoms with Crippen LogP contribution in [0.4, 0.5) is 0 Å². The number of carbonyl (C=O) groups excluding carboxylic acids is 1. The molecule has 0 bridgehead atoms. The minimum absolute atomic E-state index is 0.259. The van der Waals surface area contributed by atoms with E-state index in [1.807, 2.05) is 42.5 Å². The first-order valence-electron chi connectivity index (χ1n) is 12.0. The van der Waals surface area contributed by atoms with Gasteiger partial charge in [0.2, 0.25) is 0 Å². The summed E-state index contributed by atoms with van der Waals surface area (Å²) in [6.07, 6.45) is 10.1. The van der Waals surface area contributed by atoms with Crippen LogP contribution < -0.4 is 0 Å². The number of unbranched alkanes of at least 4 members (excludes halogenated alkanes) is 1. The number of ketones is 1. The Morgan fingerprint density at radius 2 is 1.50 bits per heavy atom. The maximum Gasteiger partial charge on any atom is 0.133 e. The summed E-state index contributed by atoms with van der Waals surface area (Å²) in [6, 6.07) is 20.5. The normalized spacial score (nSPS) is 18.0. The molecule has 0 spiro atoms. The van der Waals surface area contributed by atoms with Crippen LogP contribution in [0.2, 0.25) is 0 Å². The van der Waals surface area contributed by atoms with Gasteiger partial charge in [0.1, 0.15) is 5.78 Å². The molecule has 32 heavy (non-hydrogen) atoms. The number of benzene rings is 2. The molecule has 0 N–H and O–H groups in total. The average Bonchev–Trinajstić information content (AvgIpc) is 2.81. The van der Waals surface area contributed by atoms with E-state index in [0.29, 0.717) is 19.0 Å². The first kappa shape index (κ1) is 26.0. The van der Waals surface area contributed by atoms with Crippen LogP contribution >= 0.6 is 0 Å². The number of hydrogen-bond acceptors (Lipinski definition) is 3. The summed E-state index contributed by atoms with van der Waals surface area (Å²) < 4.78 is 11.1. The Hall–Kier alpha value is -2.23. The summed E-state index contributed by atoms with van der Waals surface area (Å²) in [4.78, 5) is 11.5. The van der Waals surface area contributed by atoms with Gasteiger partial charge in [-0.3, -0.25) is 4.79 Å². The average molecular weight is 437 g/mol. The van der Waals surface area contributed by atoms with Crippen LogP contribution in [0, 0.1) is 5.41 Å². The van der Waals surface area contributed by atoms with Crippen molar-refractivity contribution in [2.45, 2.75) is 71.5 Å². The van der Waals surface area contributed by atoms with E-state index in [4.69, 9.17) is 9.47 Å². The number of Topliss-reactive ketones (excluding diaryl/α,β-unsaturated/α-hetero) is 1. The van der Waals surface area contributed by atoms with E-state index in [9.17, 15) is 4.79 Å². The minimum atomic E-state index is 0.259. The monoisotopic (exact) mass is 436 g/mol. The molecule has 1 atom stereocenters. The molecule has 0 radical (unpaired) electrons. The summed E-state index contributed by atoms with van der Waals surface area (Å²) in [7, 11) is 0. The van der Waals surface area contributed by atoms with Crippen molar-refractivity contribution in [3.8, 4) is 0 Å². The molecule has 3 rings (SSSR count). The molecule has 2 aromatic rings. The van der Waals surface area contributed by atoms with Crippen molar-refractivity contribution in [1.82, 2.24) is 0 Å². The second-order valence-electron chi connectivity index (χ2n) is 8.99. The van der Waals surface area contributed by atoms with Crippen molar-refractivity contribution >= 4 is 5.78 Å². The maximum atomic E-state index is 11.5. The third-order valence-corrected chi connectivity index (χ3v) is 5.87. The van der Waals surface area contributed by atoms with Gasteiger partial charge in [0, 0.05) is 19.4 Å². The van der Waals surface area contributed by atoms with Gasteiger partial charge in [0.05, 0.1) is 19.8 Å². The summed E-state index contributed by atoms with van der Waals surface area (Å²) in [6.45, 7) is 8.89. The fourth-order valence-electron chi connectivity index (χ4n) is 4.03. The fraction of sp³-hybridized carbons (Fsp3) is 0.483. The predicted molar refractivity (Wildman–Crippen MR) is 132 cm³/mol. The highest BCUT2D eigenvalue weighted by atomic mass is 16.5. The van der Waals surface area contributed by atoms with Gasteiger partial charge < -0.3 is 9.47 Å². The molecular formula is C29H40O3. The van der Waals surface area contributed by atoms with Crippen LogP contribution in [0.5, 0.6) is 0 Å². The summed E-state index contributed by atoms with van der Waals surface area (Å²) in [5, 5.41) is 0. The summed E-state index contributed by atoms with van der Waals surface area (Å²) >= 11 is 0. The molecule has 0 heterocycles. The summed E-state index contributed by atoms with van der Waals surface area (Å²) in [5.74, 6) is 0.457. The molecule has 3 nitrogen and oxygen atoms in total. The lowest BCUT2D eigenvalue weighted by Gasteiger charge is -2.32. The number of ether oxygens (including phenoxy) is 2. The molecule has 3 heteroatoms. The molecule has 174 valence electrons. The first-order valence-corrected chi connectivity index (χ1v) is 12.0. The zero-order valence-corrected chi connectivity index (χ0v) is 19.8. The van der Waals surface area contributed by atoms with E-state index in [-0.39, 0.29) is 5.41 Å². The van der Waals surface area contributed by atoms with Gasteiger partial charge in [-0.15, -0.1) is 6.58 Å². The third kappa shape index (κ3) is 11.4. The lowest BCUT2D eigenvalue weighted by molar-refractivity contribution is -0.123. The Kier molecular flexibility index (Phi) is 12.6. The topological polar surface area (TPSA) is 35.5 Å². The van der Waals surface area contributed by atoms with Crippen molar-refractivity contribution in [3.05, 3.63) is 84.4 Å². The molecule has 0 aliphatic heterocycles. The van der Waals surface area contributed by atoms with Crippen LogP contribution in [0.15, 0.2) is 73.3 Å². The van der Waals surface area contributed by atoms with E-state index < -0.39 is 0 Å². The van der Waals surface area contributed by atoms with Gasteiger partial charge in [-0.1, -0.05) is 80.1 Å². The molecule has 0 unspecified atom stereocenters. The molecule has 2 aromatic carbocycles. The smallest absolute Gasteiger partial charge is 0.133 e. The SMILES string of the molecule is C=CCCOCc1ccccc1.C[C@@]1(CCCCOCc2ccccc2)CCCC(=O)C1. The van der Waals surface area contributed by atoms with E-state index >= 15 is 0 Å². The zero-order chi connectivity index (χ0) is 22.9. The molecule has 1 aliphatic rings. The third-order valence-electron chi connectivity index (χ3n) is 5.87. The van der Waals surface area contributed by atoms with Gasteiger partial charge in [-0.25, -0.2) is 0 Å². The Labute approximate surface area is 194 Å². The molecule has 1 saturated carbocycles. The second-order valence-corrected chi connectivity index (χ2v) is 8.99. The number of rotatable bonds is 12. The van der Waals surface area contributed by atoms with Gasteiger partial charge in [-0.05, 0) is 48.6 Å². The molecule has 0 amide bonds. The molecule has 0 aromatic heterocycles. The quantitative estimate of drug-likeness (QED) is 0.259. The van der Waals surface area contributed by atoms with Crippen molar-refractivity contribution in [2.75, 3.05) is 13.2 Å². The van der Waals surface area contributed by atoms with Gasteiger partial charge in [-0.2, -0.15) is 0 Å². The Morgan fingerprint density at radius 3 is 2.06 bits per heavy atom. The van der Waals surface area contributed by atoms with E-state index in [1.165, 1.54) is 24.0 Å². The van der Waals surface area contributed by atoms with E-state index in [1.54, 1.807) is 0 Å². The largest absolute Gasteiger partial charge is 0.377 e. The highest BCUT2D eigenvalue weighted by Gasteiger charge is 2.30. The standard InChI is InChI=1S/C18H26O2.C11H14O/c1-18(12-7-10-17(19)14-18)11-5-6-13-20-15-16-8-3-2-4-9-16;1-2-3-9-12-10-11-7-5-4-6-8-11/h2-4,8-9H,5-7,10-15H2,1H3;2,4-8H,1,3,9-10H2/t18-;/m1./s1. The first-order chi connectivity index (χ1) is 15.6. The van der Waals surface area contributed by atoms with Crippen LogP contribution in [0.3, 0.4) is 0 Å². The van der Waals surface area contributed by atoms with Crippen LogP contribution in [-0.4, -0.2) is 19.0 Å². The number of carbonyl (C=O) groups is 1. The van der Waals surface area contributed by atoms with Crippen molar-refractivity contribution in [1.29, 1.82) is 0 Å². The van der Waals surface area contributed by atoms with E-state index in [2.05, 4.69) is 37.8 Å². The van der Waals surface area contributed by atoms with Crippen LogP contribution in [0.1, 0.15) is 69.4 Å². The van der Waals surface area contributed by atoms with Gasteiger partial charge >= 0.3 is 0 Å². The van der Waals surface area contributed by atoms with E-state index in [0.717, 1.165) is 51.7 Å². The van der Waals surface area contributed by atoms with Crippen molar-refractivity contribution < 1.29 is 14.3 Å². The lowest BCUT2D eigenvalue weighted by atomic mass is 9.72. The Balaban J connectivity index is 0.000000258. The number of hydrogen-bond donors (Lipinski definition) is 0. The van der Waals surface area contributed by atoms with Crippen molar-refractivity contribution in [3.63, 3.8) is 0 Å². The Bertz CT molecular complexity index is 756. The fourth-order valence-corrected chi connectivity index (χ4v) is 4.03. The second kappa shape index (κ2) is 15.6. The predicted octanol–water partition coefficient (Wildman–Crippen LogP) is 7.30. The molecule has 1 aliphatic carbocycles. The van der Waals surface area contributed by atoms with Gasteiger partial charge in [0.25, 0.3) is 0 Å². The van der Waals surface area contributed by atoms with Gasteiger partial charge in [0.15, 0.2) is 0 Å². The molecular weight excluding hydrogens is 396 g/mol. The highest BCUT2D eigenvalue weighted by Crippen LogP contribution is 2.38. The Morgan fingerprint density at radius 1 is 0.906 bits per heavy atom. The molecule has 1 fully saturated rings. The minimum Gasteiger partial charge on any atom is -0.377 e. The zero-order valence-electron chi connectivity index (χ0n) is 19.8. The van der Waals surface area contributed by atoms with Crippen LogP contribution in [-0.2, 0) is 27.5 Å². The molecule has 0 saturated heterocycles. The summed E-state index contributed by atoms with van der Waals surface area (Å²) in [5.41, 5.74) is 2.72. The van der Waals surface area contributed by atoms with Crippen molar-refractivity contribution in [2.24, 2.45) is 5.41 Å².